The molecule has 0 saturated heterocycles. The molecule has 0 saturated carbocycles. The van der Waals surface area contributed by atoms with Crippen LogP contribution in [0, 0.1) is 6.92 Å². The van der Waals surface area contributed by atoms with Crippen molar-refractivity contribution in [2.45, 2.75) is 26.7 Å². The molecule has 0 radical (unpaired) electrons. The van der Waals surface area contributed by atoms with Crippen LogP contribution < -0.4 is 0 Å². The third-order valence-electron chi connectivity index (χ3n) is 2.52. The number of rotatable bonds is 2. The molecule has 15 heavy (non-hydrogen) atoms. The van der Waals surface area contributed by atoms with E-state index in [0.717, 1.165) is 5.82 Å². The van der Waals surface area contributed by atoms with Gasteiger partial charge in [0.1, 0.15) is 12.1 Å². The first-order chi connectivity index (χ1) is 7.18. The summed E-state index contributed by atoms with van der Waals surface area (Å²) in [6.07, 6.45) is 7.35. The molecular weight excluding hydrogens is 186 g/mol. The third-order valence-corrected chi connectivity index (χ3v) is 2.52. The van der Waals surface area contributed by atoms with E-state index in [1.165, 1.54) is 11.1 Å². The Hall–Kier alpha value is -1.64. The first-order valence-electron chi connectivity index (χ1n) is 5.13. The first kappa shape index (κ1) is 9.90. The summed E-state index contributed by atoms with van der Waals surface area (Å²) in [6, 6.07) is 2.13. The van der Waals surface area contributed by atoms with Crippen LogP contribution in [-0.4, -0.2) is 14.5 Å². The second-order valence-corrected chi connectivity index (χ2v) is 4.02. The van der Waals surface area contributed by atoms with Crippen LogP contribution in [-0.2, 0) is 0 Å². The maximum Gasteiger partial charge on any atom is 0.138 e. The van der Waals surface area contributed by atoms with E-state index < -0.39 is 0 Å². The highest BCUT2D eigenvalue weighted by atomic mass is 15.1. The van der Waals surface area contributed by atoms with Gasteiger partial charge in [-0.25, -0.2) is 9.97 Å². The Bertz CT molecular complexity index is 444. The molecule has 0 spiro atoms. The highest BCUT2D eigenvalue weighted by Crippen LogP contribution is 2.20. The Labute approximate surface area is 89.8 Å². The summed E-state index contributed by atoms with van der Waals surface area (Å²) in [6.45, 7) is 6.49. The predicted octanol–water partition coefficient (Wildman–Crippen LogP) is 2.70. The molecule has 3 heteroatoms. The second-order valence-electron chi connectivity index (χ2n) is 4.02. The van der Waals surface area contributed by atoms with Crippen molar-refractivity contribution in [3.05, 3.63) is 42.1 Å². The van der Waals surface area contributed by atoms with Gasteiger partial charge in [0, 0.05) is 18.6 Å². The van der Waals surface area contributed by atoms with E-state index in [4.69, 9.17) is 0 Å². The zero-order valence-electron chi connectivity index (χ0n) is 9.31. The Kier molecular flexibility index (Phi) is 2.54. The second kappa shape index (κ2) is 3.85. The molecule has 2 heterocycles. The van der Waals surface area contributed by atoms with Crippen molar-refractivity contribution in [1.29, 1.82) is 0 Å². The molecule has 0 aliphatic carbocycles. The fourth-order valence-electron chi connectivity index (χ4n) is 1.69. The maximum absolute atomic E-state index is 4.39. The highest BCUT2D eigenvalue weighted by Gasteiger charge is 2.06. The minimum absolute atomic E-state index is 0.523. The highest BCUT2D eigenvalue weighted by molar-refractivity contribution is 5.34. The van der Waals surface area contributed by atoms with Crippen LogP contribution in [0.4, 0.5) is 0 Å². The van der Waals surface area contributed by atoms with Gasteiger partial charge in [0.25, 0.3) is 0 Å². The van der Waals surface area contributed by atoms with Crippen LogP contribution in [0.25, 0.3) is 5.82 Å². The van der Waals surface area contributed by atoms with Gasteiger partial charge >= 0.3 is 0 Å². The zero-order chi connectivity index (χ0) is 10.8. The lowest BCUT2D eigenvalue weighted by Crippen LogP contribution is -1.99. The van der Waals surface area contributed by atoms with Gasteiger partial charge in [0.15, 0.2) is 0 Å². The normalized spacial score (nSPS) is 10.9. The standard InChI is InChI=1S/C12H15N3/c1-9(2)11-6-12(14-7-10(11)3)15-5-4-13-8-15/h4-9H,1-3H3. The summed E-state index contributed by atoms with van der Waals surface area (Å²) >= 11 is 0. The summed E-state index contributed by atoms with van der Waals surface area (Å²) in [7, 11) is 0. The van der Waals surface area contributed by atoms with E-state index in [2.05, 4.69) is 36.8 Å². The van der Waals surface area contributed by atoms with E-state index in [1.807, 2.05) is 17.0 Å². The van der Waals surface area contributed by atoms with Crippen molar-refractivity contribution >= 4 is 0 Å². The quantitative estimate of drug-likeness (QED) is 0.748. The average molecular weight is 201 g/mol. The SMILES string of the molecule is Cc1cnc(-n2ccnc2)cc1C(C)C. The molecular formula is C12H15N3. The zero-order valence-corrected chi connectivity index (χ0v) is 9.31. The van der Waals surface area contributed by atoms with Gasteiger partial charge in [0.2, 0.25) is 0 Å². The maximum atomic E-state index is 4.39. The summed E-state index contributed by atoms with van der Waals surface area (Å²) in [5.74, 6) is 1.46. The molecule has 0 bridgehead atoms. The number of aromatic nitrogens is 3. The molecule has 0 N–H and O–H groups in total. The van der Waals surface area contributed by atoms with Gasteiger partial charge < -0.3 is 0 Å². The minimum atomic E-state index is 0.523. The number of nitrogens with zero attached hydrogens (tertiary/aromatic N) is 3. The first-order valence-corrected chi connectivity index (χ1v) is 5.13. The van der Waals surface area contributed by atoms with Crippen molar-refractivity contribution < 1.29 is 0 Å². The van der Waals surface area contributed by atoms with Gasteiger partial charge in [0.05, 0.1) is 0 Å². The fraction of sp³-hybridized carbons (Fsp3) is 0.333. The molecule has 2 rings (SSSR count). The van der Waals surface area contributed by atoms with Crippen LogP contribution in [0.5, 0.6) is 0 Å². The van der Waals surface area contributed by atoms with Crippen molar-refractivity contribution in [1.82, 2.24) is 14.5 Å². The van der Waals surface area contributed by atoms with Gasteiger partial charge in [-0.3, -0.25) is 4.57 Å². The predicted molar refractivity (Wildman–Crippen MR) is 60.2 cm³/mol. The van der Waals surface area contributed by atoms with Crippen LogP contribution in [0.2, 0.25) is 0 Å². The van der Waals surface area contributed by atoms with Crippen molar-refractivity contribution in [2.24, 2.45) is 0 Å². The van der Waals surface area contributed by atoms with E-state index in [0.29, 0.717) is 5.92 Å². The number of aryl methyl sites for hydroxylation is 1. The van der Waals surface area contributed by atoms with Crippen LogP contribution in [0.15, 0.2) is 31.0 Å². The smallest absolute Gasteiger partial charge is 0.138 e. The Balaban J connectivity index is 2.48. The topological polar surface area (TPSA) is 30.7 Å². The van der Waals surface area contributed by atoms with Crippen LogP contribution in [0.3, 0.4) is 0 Å². The Morgan fingerprint density at radius 3 is 2.73 bits per heavy atom. The fourth-order valence-corrected chi connectivity index (χ4v) is 1.69. The Morgan fingerprint density at radius 1 is 1.33 bits per heavy atom. The summed E-state index contributed by atoms with van der Waals surface area (Å²) in [4.78, 5) is 8.41. The van der Waals surface area contributed by atoms with E-state index in [1.54, 1.807) is 12.5 Å². The van der Waals surface area contributed by atoms with Gasteiger partial charge in [-0.15, -0.1) is 0 Å². The summed E-state index contributed by atoms with van der Waals surface area (Å²) in [5.41, 5.74) is 2.59. The molecule has 2 aromatic rings. The summed E-state index contributed by atoms with van der Waals surface area (Å²) in [5, 5.41) is 0. The largest absolute Gasteiger partial charge is 0.291 e. The van der Waals surface area contributed by atoms with Crippen LogP contribution in [0.1, 0.15) is 30.9 Å². The monoisotopic (exact) mass is 201 g/mol. The number of hydrogen-bond donors (Lipinski definition) is 0. The average Bonchev–Trinajstić information content (AvgIpc) is 2.71. The molecule has 2 aromatic heterocycles. The lowest BCUT2D eigenvalue weighted by molar-refractivity contribution is 0.842. The minimum Gasteiger partial charge on any atom is -0.291 e. The number of hydrogen-bond acceptors (Lipinski definition) is 2. The summed E-state index contributed by atoms with van der Waals surface area (Å²) < 4.78 is 1.92. The van der Waals surface area contributed by atoms with E-state index in [9.17, 15) is 0 Å². The van der Waals surface area contributed by atoms with Gasteiger partial charge in [-0.05, 0) is 30.0 Å². The van der Waals surface area contributed by atoms with Crippen molar-refractivity contribution in [2.75, 3.05) is 0 Å². The number of imidazole rings is 1. The lowest BCUT2D eigenvalue weighted by atomic mass is 10.00. The molecule has 0 atom stereocenters. The van der Waals surface area contributed by atoms with Crippen molar-refractivity contribution in [3.8, 4) is 5.82 Å². The molecule has 0 fully saturated rings. The molecule has 0 unspecified atom stereocenters. The number of pyridine rings is 1. The molecule has 0 aliphatic rings. The van der Waals surface area contributed by atoms with Crippen molar-refractivity contribution in [3.63, 3.8) is 0 Å². The van der Waals surface area contributed by atoms with Crippen LogP contribution >= 0.6 is 0 Å². The molecule has 3 nitrogen and oxygen atoms in total. The molecule has 78 valence electrons. The van der Waals surface area contributed by atoms with E-state index in [-0.39, 0.29) is 0 Å². The Morgan fingerprint density at radius 2 is 2.13 bits per heavy atom. The molecule has 0 aromatic carbocycles. The van der Waals surface area contributed by atoms with E-state index >= 15 is 0 Å². The van der Waals surface area contributed by atoms with Gasteiger partial charge in [-0.1, -0.05) is 13.8 Å². The lowest BCUT2D eigenvalue weighted by Gasteiger charge is -2.11. The molecule has 0 amide bonds. The third kappa shape index (κ3) is 1.91. The molecule has 0 aliphatic heterocycles. The van der Waals surface area contributed by atoms with Gasteiger partial charge in [-0.2, -0.15) is 0 Å².